The lowest BCUT2D eigenvalue weighted by molar-refractivity contribution is 0.161. The van der Waals surface area contributed by atoms with Gasteiger partial charge in [-0.05, 0) is 37.5 Å². The molecular formula is C18H34O. The highest BCUT2D eigenvalue weighted by Crippen LogP contribution is 2.42. The third-order valence-corrected chi connectivity index (χ3v) is 4.75. The average molecular weight is 266 g/mol. The molecule has 0 aromatic carbocycles. The minimum atomic E-state index is 0.775. The molecule has 0 aromatic heterocycles. The van der Waals surface area contributed by atoms with Gasteiger partial charge in [0, 0.05) is 6.42 Å². The molecule has 2 rings (SSSR count). The maximum Gasteiger partial charge on any atom is 0.0890 e. The summed E-state index contributed by atoms with van der Waals surface area (Å²) in [5, 5.41) is 0. The normalized spacial score (nSPS) is 27.5. The van der Waals surface area contributed by atoms with Crippen molar-refractivity contribution in [3.63, 3.8) is 0 Å². The molecule has 19 heavy (non-hydrogen) atoms. The largest absolute Gasteiger partial charge is 0.499 e. The molecule has 1 nitrogen and oxygen atoms in total. The molecule has 0 radical (unpaired) electrons. The van der Waals surface area contributed by atoms with E-state index in [1.165, 1.54) is 51.4 Å². The number of allylic oxidation sites excluding steroid dienone is 1. The molecule has 0 aromatic rings. The molecular weight excluding hydrogens is 232 g/mol. The zero-order chi connectivity index (χ0) is 14.1. The highest BCUT2D eigenvalue weighted by atomic mass is 16.5. The average Bonchev–Trinajstić information content (AvgIpc) is 2.95. The summed E-state index contributed by atoms with van der Waals surface area (Å²) in [5.41, 5.74) is 0. The fourth-order valence-electron chi connectivity index (χ4n) is 3.96. The summed E-state index contributed by atoms with van der Waals surface area (Å²) in [6.07, 6.45) is 12.8. The van der Waals surface area contributed by atoms with Crippen molar-refractivity contribution in [1.29, 1.82) is 0 Å². The summed E-state index contributed by atoms with van der Waals surface area (Å²) in [6, 6.07) is 0. The summed E-state index contributed by atoms with van der Waals surface area (Å²) in [5.74, 6) is 3.95. The summed E-state index contributed by atoms with van der Waals surface area (Å²) >= 11 is 0. The molecule has 0 bridgehead atoms. The quantitative estimate of drug-likeness (QED) is 0.559. The van der Waals surface area contributed by atoms with Crippen LogP contribution in [0.25, 0.3) is 0 Å². The van der Waals surface area contributed by atoms with Crippen molar-refractivity contribution in [1.82, 2.24) is 0 Å². The van der Waals surface area contributed by atoms with Crippen LogP contribution in [-0.2, 0) is 4.74 Å². The highest BCUT2D eigenvalue weighted by Gasteiger charge is 2.30. The molecule has 2 saturated carbocycles. The lowest BCUT2D eigenvalue weighted by Crippen LogP contribution is -2.21. The summed E-state index contributed by atoms with van der Waals surface area (Å²) in [7, 11) is 0. The van der Waals surface area contributed by atoms with Crippen LogP contribution in [0.1, 0.15) is 78.6 Å². The first-order chi connectivity index (χ1) is 9.29. The molecule has 1 heteroatoms. The van der Waals surface area contributed by atoms with E-state index in [-0.39, 0.29) is 0 Å². The predicted molar refractivity (Wildman–Crippen MR) is 84.1 cm³/mol. The summed E-state index contributed by atoms with van der Waals surface area (Å²) in [4.78, 5) is 0. The molecule has 2 aliphatic rings. The maximum absolute atomic E-state index is 5.51. The van der Waals surface area contributed by atoms with Gasteiger partial charge in [-0.25, -0.2) is 0 Å². The van der Waals surface area contributed by atoms with Gasteiger partial charge in [-0.1, -0.05) is 59.0 Å². The fourth-order valence-corrected chi connectivity index (χ4v) is 3.96. The van der Waals surface area contributed by atoms with Crippen molar-refractivity contribution < 1.29 is 4.74 Å². The number of hydrogen-bond donors (Lipinski definition) is 0. The van der Waals surface area contributed by atoms with Gasteiger partial charge in [0.25, 0.3) is 0 Å². The van der Waals surface area contributed by atoms with Gasteiger partial charge in [0.15, 0.2) is 0 Å². The molecule has 2 aliphatic carbocycles. The topological polar surface area (TPSA) is 9.23 Å². The second-order valence-electron chi connectivity index (χ2n) is 6.01. The zero-order valence-corrected chi connectivity index (χ0v) is 13.4. The van der Waals surface area contributed by atoms with Gasteiger partial charge in [0.1, 0.15) is 0 Å². The molecule has 2 unspecified atom stereocenters. The zero-order valence-electron chi connectivity index (χ0n) is 13.4. The minimum Gasteiger partial charge on any atom is -0.499 e. The number of rotatable bonds is 5. The minimum absolute atomic E-state index is 0.775. The first kappa shape index (κ1) is 16.6. The summed E-state index contributed by atoms with van der Waals surface area (Å²) in [6.45, 7) is 10.9. The van der Waals surface area contributed by atoms with Gasteiger partial charge in [0.05, 0.1) is 12.4 Å². The van der Waals surface area contributed by atoms with Crippen molar-refractivity contribution in [2.24, 2.45) is 17.8 Å². The van der Waals surface area contributed by atoms with E-state index < -0.39 is 0 Å². The second-order valence-corrected chi connectivity index (χ2v) is 6.01. The Kier molecular flexibility index (Phi) is 8.25. The van der Waals surface area contributed by atoms with E-state index in [4.69, 9.17) is 4.74 Å². The van der Waals surface area contributed by atoms with Crippen molar-refractivity contribution in [3.8, 4) is 0 Å². The first-order valence-electron chi connectivity index (χ1n) is 8.60. The molecule has 0 spiro atoms. The van der Waals surface area contributed by atoms with E-state index in [0.717, 1.165) is 36.5 Å². The Morgan fingerprint density at radius 2 is 1.63 bits per heavy atom. The van der Waals surface area contributed by atoms with E-state index in [1.54, 1.807) is 0 Å². The third-order valence-electron chi connectivity index (χ3n) is 4.75. The Balaban J connectivity index is 0.000000861. The molecule has 0 saturated heterocycles. The van der Waals surface area contributed by atoms with E-state index >= 15 is 0 Å². The molecule has 0 N–H and O–H groups in total. The van der Waals surface area contributed by atoms with E-state index in [0.29, 0.717) is 0 Å². The third kappa shape index (κ3) is 5.58. The van der Waals surface area contributed by atoms with Gasteiger partial charge >= 0.3 is 0 Å². The summed E-state index contributed by atoms with van der Waals surface area (Å²) < 4.78 is 5.51. The van der Waals surface area contributed by atoms with Gasteiger partial charge in [0.2, 0.25) is 0 Å². The van der Waals surface area contributed by atoms with Crippen LogP contribution in [0.2, 0.25) is 0 Å². The molecule has 0 amide bonds. The van der Waals surface area contributed by atoms with E-state index in [9.17, 15) is 0 Å². The van der Waals surface area contributed by atoms with Crippen LogP contribution in [0.15, 0.2) is 12.3 Å². The Bertz CT molecular complexity index is 240. The Morgan fingerprint density at radius 3 is 2.26 bits per heavy atom. The predicted octanol–water partition coefficient (Wildman–Crippen LogP) is 5.95. The van der Waals surface area contributed by atoms with Crippen molar-refractivity contribution in [3.05, 3.63) is 12.3 Å². The van der Waals surface area contributed by atoms with Gasteiger partial charge in [-0.2, -0.15) is 0 Å². The smallest absolute Gasteiger partial charge is 0.0890 e. The first-order valence-corrected chi connectivity index (χ1v) is 8.60. The number of hydrogen-bond acceptors (Lipinski definition) is 1. The standard InChI is InChI=1S/C16H28O.C2H6/c1-3-17-13(2)11-14-7-6-10-16(12-14)15-8-4-5-9-15;1-2/h14-16H,2-12H2,1H3;1-2H3. The fraction of sp³-hybridized carbons (Fsp3) is 0.889. The van der Waals surface area contributed by atoms with Crippen LogP contribution in [0, 0.1) is 17.8 Å². The lowest BCUT2D eigenvalue weighted by Gasteiger charge is -2.33. The molecule has 2 fully saturated rings. The second kappa shape index (κ2) is 9.44. The monoisotopic (exact) mass is 266 g/mol. The Hall–Kier alpha value is -0.460. The van der Waals surface area contributed by atoms with Gasteiger partial charge < -0.3 is 4.74 Å². The van der Waals surface area contributed by atoms with Crippen molar-refractivity contribution in [2.75, 3.05) is 6.61 Å². The Labute approximate surface area is 120 Å². The van der Waals surface area contributed by atoms with E-state index in [2.05, 4.69) is 6.58 Å². The molecule has 0 aliphatic heterocycles. The van der Waals surface area contributed by atoms with Crippen molar-refractivity contribution >= 4 is 0 Å². The van der Waals surface area contributed by atoms with Crippen molar-refractivity contribution in [2.45, 2.75) is 78.6 Å². The van der Waals surface area contributed by atoms with Crippen LogP contribution in [0.5, 0.6) is 0 Å². The molecule has 112 valence electrons. The van der Waals surface area contributed by atoms with Crippen LogP contribution in [0.3, 0.4) is 0 Å². The van der Waals surface area contributed by atoms with Gasteiger partial charge in [-0.3, -0.25) is 0 Å². The van der Waals surface area contributed by atoms with E-state index in [1.807, 2.05) is 20.8 Å². The lowest BCUT2D eigenvalue weighted by atomic mass is 9.73. The highest BCUT2D eigenvalue weighted by molar-refractivity contribution is 4.89. The molecule has 0 heterocycles. The Morgan fingerprint density at radius 1 is 1.00 bits per heavy atom. The van der Waals surface area contributed by atoms with Gasteiger partial charge in [-0.15, -0.1) is 0 Å². The number of ether oxygens (including phenoxy) is 1. The van der Waals surface area contributed by atoms with Crippen LogP contribution in [0.4, 0.5) is 0 Å². The molecule has 2 atom stereocenters. The van der Waals surface area contributed by atoms with Crippen LogP contribution >= 0.6 is 0 Å². The SMILES string of the molecule is C=C(CC1CCCC(C2CCCC2)C1)OCC.CC. The van der Waals surface area contributed by atoms with Crippen LogP contribution < -0.4 is 0 Å². The maximum atomic E-state index is 5.51. The van der Waals surface area contributed by atoms with Crippen LogP contribution in [-0.4, -0.2) is 6.61 Å².